The van der Waals surface area contributed by atoms with E-state index in [1.165, 1.54) is 41.8 Å². The van der Waals surface area contributed by atoms with Crippen LogP contribution in [0.15, 0.2) is 77.9 Å². The number of ether oxygens (including phenoxy) is 2. The number of nitrogens with zero attached hydrogens (tertiary/aromatic N) is 7. The molecule has 0 radical (unpaired) electrons. The Bertz CT molecular complexity index is 2050. The van der Waals surface area contributed by atoms with Gasteiger partial charge in [-0.05, 0) is 12.1 Å². The van der Waals surface area contributed by atoms with Crippen molar-refractivity contribution in [3.63, 3.8) is 0 Å². The van der Waals surface area contributed by atoms with Gasteiger partial charge in [-0.15, -0.1) is 0 Å². The first-order valence-electron chi connectivity index (χ1n) is 13.3. The fourth-order valence-corrected chi connectivity index (χ4v) is 4.26. The Morgan fingerprint density at radius 1 is 0.739 bits per heavy atom. The summed E-state index contributed by atoms with van der Waals surface area (Å²) in [6, 6.07) is 15.8. The average Bonchev–Trinajstić information content (AvgIpc) is 3.66. The molecule has 236 valence electrons. The maximum atomic E-state index is 13.8. The van der Waals surface area contributed by atoms with Gasteiger partial charge in [0.2, 0.25) is 17.6 Å². The number of benzene rings is 2. The Balaban J connectivity index is 0.000000181. The van der Waals surface area contributed by atoms with Gasteiger partial charge >= 0.3 is 0 Å². The second-order valence-corrected chi connectivity index (χ2v) is 9.74. The molecule has 0 fully saturated rings. The van der Waals surface area contributed by atoms with Gasteiger partial charge < -0.3 is 14.5 Å². The number of nitrogens with one attached hydrogen (secondary N) is 1. The van der Waals surface area contributed by atoms with Crippen molar-refractivity contribution in [2.24, 2.45) is 0 Å². The Morgan fingerprint density at radius 3 is 1.78 bits per heavy atom. The number of hydrogen-bond donors (Lipinski definition) is 1. The predicted octanol–water partition coefficient (Wildman–Crippen LogP) is 5.30. The molecule has 2 aromatic carbocycles. The Hall–Kier alpha value is -5.57. The molecule has 0 aliphatic heterocycles. The molecular formula is C30H23ClF4N8O3. The van der Waals surface area contributed by atoms with E-state index in [1.807, 2.05) is 0 Å². The van der Waals surface area contributed by atoms with E-state index in [-0.39, 0.29) is 47.2 Å². The van der Waals surface area contributed by atoms with Crippen molar-refractivity contribution in [3.05, 3.63) is 123 Å². The molecule has 16 heteroatoms. The van der Waals surface area contributed by atoms with Crippen molar-refractivity contribution >= 4 is 11.6 Å². The van der Waals surface area contributed by atoms with Gasteiger partial charge in [-0.25, -0.2) is 37.5 Å². The monoisotopic (exact) mass is 654 g/mol. The summed E-state index contributed by atoms with van der Waals surface area (Å²) in [7, 11) is 2.91. The number of hydrogen-bond acceptors (Lipinski definition) is 8. The summed E-state index contributed by atoms with van der Waals surface area (Å²) in [5.74, 6) is -1.39. The minimum absolute atomic E-state index is 0.0991. The average molecular weight is 655 g/mol. The lowest BCUT2D eigenvalue weighted by molar-refractivity contribution is 0.365. The Morgan fingerprint density at radius 2 is 1.26 bits per heavy atom. The first kappa shape index (κ1) is 31.8. The van der Waals surface area contributed by atoms with Crippen LogP contribution >= 0.6 is 11.6 Å². The highest BCUT2D eigenvalue weighted by atomic mass is 35.5. The zero-order valence-corrected chi connectivity index (χ0v) is 24.8. The van der Waals surface area contributed by atoms with Gasteiger partial charge in [0.25, 0.3) is 5.56 Å². The summed E-state index contributed by atoms with van der Waals surface area (Å²) in [6.45, 7) is 0.312. The molecule has 0 bridgehead atoms. The van der Waals surface area contributed by atoms with Crippen molar-refractivity contribution in [1.82, 2.24) is 39.5 Å². The van der Waals surface area contributed by atoms with Crippen LogP contribution in [-0.2, 0) is 13.1 Å². The van der Waals surface area contributed by atoms with Crippen molar-refractivity contribution in [2.75, 3.05) is 14.2 Å². The lowest BCUT2D eigenvalue weighted by atomic mass is 10.2. The predicted molar refractivity (Wildman–Crippen MR) is 158 cm³/mol. The van der Waals surface area contributed by atoms with Crippen LogP contribution in [0.4, 0.5) is 17.6 Å². The SMILES string of the molecule is COc1cc(-c2ncc(F)c(=O)[nH]2)nn1Cc1ccccc1F.COc1cc(-c2ncc(F)c(Cl)n2)nn1Cc1ccccc1F. The first-order chi connectivity index (χ1) is 22.2. The van der Waals surface area contributed by atoms with E-state index >= 15 is 0 Å². The standard InChI is InChI=1S/C15H11ClF2N4O.C15H12F2N4O2/c1-23-13-6-12(15-19-7-11(18)14(16)20-15)21-22(13)8-9-4-2-3-5-10(9)17;1-23-13-6-12(14-18-7-11(17)15(22)19-14)20-21(13)8-9-4-2-3-5-10(9)16/h2-7H,8H2,1H3;2-7H,8H2,1H3,(H,18,19,22). The van der Waals surface area contributed by atoms with Gasteiger partial charge in [-0.3, -0.25) is 4.79 Å². The van der Waals surface area contributed by atoms with Crippen LogP contribution in [0.25, 0.3) is 23.0 Å². The molecule has 0 spiro atoms. The third-order valence-electron chi connectivity index (χ3n) is 6.39. The number of methoxy groups -OCH3 is 2. The molecule has 4 aromatic heterocycles. The fraction of sp³-hybridized carbons (Fsp3) is 0.133. The maximum Gasteiger partial charge on any atom is 0.287 e. The van der Waals surface area contributed by atoms with Crippen LogP contribution in [0.5, 0.6) is 11.8 Å². The molecule has 46 heavy (non-hydrogen) atoms. The second-order valence-electron chi connectivity index (χ2n) is 9.38. The smallest absolute Gasteiger partial charge is 0.287 e. The van der Waals surface area contributed by atoms with Crippen LogP contribution in [0.2, 0.25) is 5.15 Å². The number of halogens is 5. The van der Waals surface area contributed by atoms with Crippen molar-refractivity contribution in [2.45, 2.75) is 13.1 Å². The van der Waals surface area contributed by atoms with Crippen molar-refractivity contribution < 1.29 is 27.0 Å². The first-order valence-corrected chi connectivity index (χ1v) is 13.7. The van der Waals surface area contributed by atoms with Crippen molar-refractivity contribution in [1.29, 1.82) is 0 Å². The zero-order chi connectivity index (χ0) is 32.8. The number of aromatic nitrogens is 8. The van der Waals surface area contributed by atoms with Gasteiger partial charge in [0.1, 0.15) is 23.0 Å². The number of H-pyrrole nitrogens is 1. The van der Waals surface area contributed by atoms with E-state index in [9.17, 15) is 22.4 Å². The van der Waals surface area contributed by atoms with Gasteiger partial charge in [0.05, 0.1) is 39.7 Å². The quantitative estimate of drug-likeness (QED) is 0.173. The van der Waals surface area contributed by atoms with Crippen LogP contribution in [0.3, 0.4) is 0 Å². The number of rotatable bonds is 8. The molecule has 11 nitrogen and oxygen atoms in total. The number of aromatic amines is 1. The largest absolute Gasteiger partial charge is 0.481 e. The molecule has 0 saturated heterocycles. The Kier molecular flexibility index (Phi) is 9.71. The lowest BCUT2D eigenvalue weighted by Crippen LogP contribution is -2.12. The summed E-state index contributed by atoms with van der Waals surface area (Å²) in [5, 5.41) is 8.21. The molecule has 1 N–H and O–H groups in total. The fourth-order valence-electron chi connectivity index (χ4n) is 4.13. The molecule has 0 saturated carbocycles. The minimum atomic E-state index is -0.980. The van der Waals surface area contributed by atoms with Crippen LogP contribution in [-0.4, -0.2) is 53.7 Å². The van der Waals surface area contributed by atoms with Gasteiger partial charge in [-0.1, -0.05) is 48.0 Å². The van der Waals surface area contributed by atoms with E-state index in [4.69, 9.17) is 21.1 Å². The lowest BCUT2D eigenvalue weighted by Gasteiger charge is -2.06. The second kappa shape index (κ2) is 14.0. The zero-order valence-electron chi connectivity index (χ0n) is 24.1. The topological polar surface area (TPSA) is 126 Å². The van der Waals surface area contributed by atoms with Gasteiger partial charge in [0.15, 0.2) is 22.6 Å². The van der Waals surface area contributed by atoms with E-state index in [2.05, 4.69) is 30.1 Å². The normalized spacial score (nSPS) is 10.8. The van der Waals surface area contributed by atoms with E-state index < -0.39 is 17.2 Å². The summed E-state index contributed by atoms with van der Waals surface area (Å²) in [4.78, 5) is 25.1. The summed E-state index contributed by atoms with van der Waals surface area (Å²) in [6.07, 6.45) is 1.78. The molecular weight excluding hydrogens is 632 g/mol. The molecule has 6 aromatic rings. The molecule has 0 aliphatic rings. The van der Waals surface area contributed by atoms with Crippen LogP contribution in [0, 0.1) is 23.3 Å². The van der Waals surface area contributed by atoms with Gasteiger partial charge in [-0.2, -0.15) is 14.6 Å². The molecule has 0 aliphatic carbocycles. The highest BCUT2D eigenvalue weighted by Crippen LogP contribution is 2.24. The van der Waals surface area contributed by atoms with E-state index in [1.54, 1.807) is 42.5 Å². The summed E-state index contributed by atoms with van der Waals surface area (Å²) >= 11 is 5.65. The summed E-state index contributed by atoms with van der Waals surface area (Å²) in [5.41, 5.74) is 0.632. The highest BCUT2D eigenvalue weighted by molar-refractivity contribution is 6.29. The molecule has 0 atom stereocenters. The molecule has 4 heterocycles. The van der Waals surface area contributed by atoms with Crippen molar-refractivity contribution in [3.8, 4) is 34.8 Å². The highest BCUT2D eigenvalue weighted by Gasteiger charge is 2.16. The third kappa shape index (κ3) is 7.21. The minimum Gasteiger partial charge on any atom is -0.481 e. The maximum absolute atomic E-state index is 13.8. The van der Waals surface area contributed by atoms with Crippen LogP contribution < -0.4 is 15.0 Å². The van der Waals surface area contributed by atoms with Gasteiger partial charge in [0, 0.05) is 23.3 Å². The molecule has 6 rings (SSSR count). The molecule has 0 amide bonds. The van der Waals surface area contributed by atoms with Crippen LogP contribution in [0.1, 0.15) is 11.1 Å². The molecule has 0 unspecified atom stereocenters. The Labute approximate surface area is 263 Å². The third-order valence-corrected chi connectivity index (χ3v) is 6.65. The van der Waals surface area contributed by atoms with E-state index in [0.29, 0.717) is 28.6 Å². The van der Waals surface area contributed by atoms with E-state index in [0.717, 1.165) is 12.4 Å². The summed E-state index contributed by atoms with van der Waals surface area (Å²) < 4.78 is 67.0.